The Kier molecular flexibility index (Phi) is 6.25. The summed E-state index contributed by atoms with van der Waals surface area (Å²) in [6.45, 7) is 6.52. The van der Waals surface area contributed by atoms with Crippen LogP contribution in [0.25, 0.3) is 11.0 Å². The molecule has 8 heteroatoms. The van der Waals surface area contributed by atoms with E-state index in [0.29, 0.717) is 30.8 Å². The first kappa shape index (κ1) is 17.9. The van der Waals surface area contributed by atoms with Gasteiger partial charge in [0, 0.05) is 25.8 Å². The molecule has 0 aromatic carbocycles. The van der Waals surface area contributed by atoms with E-state index in [1.807, 2.05) is 6.92 Å². The van der Waals surface area contributed by atoms with Gasteiger partial charge in [-0.2, -0.15) is 0 Å². The van der Waals surface area contributed by atoms with Gasteiger partial charge in [-0.1, -0.05) is 13.8 Å². The fourth-order valence-corrected chi connectivity index (χ4v) is 2.39. The van der Waals surface area contributed by atoms with Crippen LogP contribution in [-0.4, -0.2) is 40.1 Å². The van der Waals surface area contributed by atoms with Gasteiger partial charge >= 0.3 is 5.69 Å². The summed E-state index contributed by atoms with van der Waals surface area (Å²) in [7, 11) is 0. The standard InChI is InChI=1S/C16H23N5O3/c1-3-5-17-6-7-18-14(22)11-9-12-13(19-10-11)21(8-4-2)16(24)20-15(12)23/h9-10,17H,3-8H2,1-2H3,(H,18,22)(H,20,23,24). The molecule has 0 fully saturated rings. The molecule has 3 N–H and O–H groups in total. The third kappa shape index (κ3) is 4.08. The predicted molar refractivity (Wildman–Crippen MR) is 92.4 cm³/mol. The van der Waals surface area contributed by atoms with Gasteiger partial charge in [-0.15, -0.1) is 0 Å². The van der Waals surface area contributed by atoms with Gasteiger partial charge in [-0.3, -0.25) is 19.1 Å². The van der Waals surface area contributed by atoms with E-state index < -0.39 is 11.2 Å². The summed E-state index contributed by atoms with van der Waals surface area (Å²) in [6, 6.07) is 1.47. The molecule has 2 aromatic rings. The molecule has 2 rings (SSSR count). The summed E-state index contributed by atoms with van der Waals surface area (Å²) >= 11 is 0. The number of nitrogens with one attached hydrogen (secondary N) is 3. The summed E-state index contributed by atoms with van der Waals surface area (Å²) < 4.78 is 1.41. The van der Waals surface area contributed by atoms with Crippen molar-refractivity contribution in [3.05, 3.63) is 38.7 Å². The zero-order chi connectivity index (χ0) is 17.5. The molecule has 0 bridgehead atoms. The van der Waals surface area contributed by atoms with Gasteiger partial charge in [0.25, 0.3) is 11.5 Å². The van der Waals surface area contributed by atoms with E-state index in [2.05, 4.69) is 27.5 Å². The van der Waals surface area contributed by atoms with E-state index in [1.165, 1.54) is 16.8 Å². The molecule has 0 aliphatic rings. The van der Waals surface area contributed by atoms with Gasteiger partial charge in [0.15, 0.2) is 0 Å². The zero-order valence-corrected chi connectivity index (χ0v) is 14.0. The van der Waals surface area contributed by atoms with Crippen LogP contribution in [0.1, 0.15) is 37.0 Å². The fourth-order valence-electron chi connectivity index (χ4n) is 2.39. The van der Waals surface area contributed by atoms with Gasteiger partial charge in [-0.05, 0) is 25.5 Å². The van der Waals surface area contributed by atoms with Gasteiger partial charge < -0.3 is 10.6 Å². The number of pyridine rings is 1. The third-order valence-corrected chi connectivity index (χ3v) is 3.56. The highest BCUT2D eigenvalue weighted by Gasteiger charge is 2.12. The second-order valence-corrected chi connectivity index (χ2v) is 5.51. The molecule has 24 heavy (non-hydrogen) atoms. The maximum atomic E-state index is 12.2. The number of fused-ring (bicyclic) bond motifs is 1. The molecule has 8 nitrogen and oxygen atoms in total. The number of hydrogen-bond donors (Lipinski definition) is 3. The molecule has 0 aliphatic heterocycles. The van der Waals surface area contributed by atoms with Crippen molar-refractivity contribution in [1.29, 1.82) is 0 Å². The Balaban J connectivity index is 2.23. The molecule has 0 unspecified atom stereocenters. The number of nitrogens with zero attached hydrogens (tertiary/aromatic N) is 2. The van der Waals surface area contributed by atoms with Crippen molar-refractivity contribution < 1.29 is 4.79 Å². The lowest BCUT2D eigenvalue weighted by atomic mass is 10.2. The van der Waals surface area contributed by atoms with E-state index >= 15 is 0 Å². The fraction of sp³-hybridized carbons (Fsp3) is 0.500. The third-order valence-electron chi connectivity index (χ3n) is 3.56. The second-order valence-electron chi connectivity index (χ2n) is 5.51. The molecule has 0 spiro atoms. The highest BCUT2D eigenvalue weighted by molar-refractivity contribution is 5.96. The lowest BCUT2D eigenvalue weighted by molar-refractivity contribution is 0.0953. The van der Waals surface area contributed by atoms with E-state index in [4.69, 9.17) is 0 Å². The molecule has 2 aromatic heterocycles. The quantitative estimate of drug-likeness (QED) is 0.599. The van der Waals surface area contributed by atoms with Crippen LogP contribution in [0.15, 0.2) is 21.9 Å². The molecule has 0 saturated carbocycles. The van der Waals surface area contributed by atoms with E-state index in [-0.39, 0.29) is 11.3 Å². The van der Waals surface area contributed by atoms with Crippen molar-refractivity contribution in [2.75, 3.05) is 19.6 Å². The minimum atomic E-state index is -0.533. The molecule has 1 amide bonds. The van der Waals surface area contributed by atoms with Crippen molar-refractivity contribution in [2.45, 2.75) is 33.2 Å². The molecule has 130 valence electrons. The van der Waals surface area contributed by atoms with Crippen molar-refractivity contribution in [1.82, 2.24) is 25.2 Å². The smallest absolute Gasteiger partial charge is 0.329 e. The Morgan fingerprint density at radius 2 is 2.00 bits per heavy atom. The van der Waals surface area contributed by atoms with E-state index in [9.17, 15) is 14.4 Å². The topological polar surface area (TPSA) is 109 Å². The summed E-state index contributed by atoms with van der Waals surface area (Å²) in [6.07, 6.45) is 3.16. The number of carbonyl (C=O) groups excluding carboxylic acids is 1. The molecule has 0 saturated heterocycles. The van der Waals surface area contributed by atoms with Crippen molar-refractivity contribution >= 4 is 16.9 Å². The van der Waals surface area contributed by atoms with Crippen LogP contribution in [0.4, 0.5) is 0 Å². The monoisotopic (exact) mass is 333 g/mol. The number of aryl methyl sites for hydroxylation is 1. The average Bonchev–Trinajstić information content (AvgIpc) is 2.58. The molecule has 0 aliphatic carbocycles. The minimum absolute atomic E-state index is 0.236. The van der Waals surface area contributed by atoms with E-state index in [0.717, 1.165) is 19.4 Å². The summed E-state index contributed by atoms with van der Waals surface area (Å²) in [5, 5.41) is 6.19. The number of carbonyl (C=O) groups is 1. The highest BCUT2D eigenvalue weighted by Crippen LogP contribution is 2.08. The molecule has 0 radical (unpaired) electrons. The maximum absolute atomic E-state index is 12.2. The van der Waals surface area contributed by atoms with Gasteiger partial charge in [0.05, 0.1) is 10.9 Å². The summed E-state index contributed by atoms with van der Waals surface area (Å²) in [5.41, 5.74) is -0.424. The SMILES string of the molecule is CCCNCCNC(=O)c1cnc2c(c1)c(=O)[nH]c(=O)n2CCC. The Morgan fingerprint density at radius 1 is 1.21 bits per heavy atom. The van der Waals surface area contributed by atoms with Crippen LogP contribution in [0.3, 0.4) is 0 Å². The minimum Gasteiger partial charge on any atom is -0.351 e. The Morgan fingerprint density at radius 3 is 2.71 bits per heavy atom. The van der Waals surface area contributed by atoms with Crippen LogP contribution in [0.2, 0.25) is 0 Å². The van der Waals surface area contributed by atoms with Crippen LogP contribution in [0.5, 0.6) is 0 Å². The van der Waals surface area contributed by atoms with Gasteiger partial charge in [0.1, 0.15) is 5.65 Å². The first-order chi connectivity index (χ1) is 11.6. The van der Waals surface area contributed by atoms with Crippen LogP contribution in [-0.2, 0) is 6.54 Å². The average molecular weight is 333 g/mol. The van der Waals surface area contributed by atoms with Gasteiger partial charge in [-0.25, -0.2) is 9.78 Å². The van der Waals surface area contributed by atoms with Crippen LogP contribution >= 0.6 is 0 Å². The van der Waals surface area contributed by atoms with Crippen LogP contribution < -0.4 is 21.9 Å². The molecular formula is C16H23N5O3. The molecule has 2 heterocycles. The first-order valence-corrected chi connectivity index (χ1v) is 8.20. The Bertz CT molecular complexity index is 825. The largest absolute Gasteiger partial charge is 0.351 e. The first-order valence-electron chi connectivity index (χ1n) is 8.20. The number of amides is 1. The lowest BCUT2D eigenvalue weighted by Crippen LogP contribution is -2.33. The normalized spacial score (nSPS) is 10.9. The van der Waals surface area contributed by atoms with E-state index in [1.54, 1.807) is 0 Å². The van der Waals surface area contributed by atoms with Crippen LogP contribution in [0, 0.1) is 0 Å². The summed E-state index contributed by atoms with van der Waals surface area (Å²) in [4.78, 5) is 42.5. The predicted octanol–water partition coefficient (Wildman–Crippen LogP) is 0.224. The van der Waals surface area contributed by atoms with Crippen molar-refractivity contribution in [3.8, 4) is 0 Å². The van der Waals surface area contributed by atoms with Crippen molar-refractivity contribution in [2.24, 2.45) is 0 Å². The molecule has 0 atom stereocenters. The number of hydrogen-bond acceptors (Lipinski definition) is 5. The maximum Gasteiger partial charge on any atom is 0.329 e. The lowest BCUT2D eigenvalue weighted by Gasteiger charge is -2.09. The second kappa shape index (κ2) is 8.39. The number of rotatable bonds is 8. The highest BCUT2D eigenvalue weighted by atomic mass is 16.2. The summed E-state index contributed by atoms with van der Waals surface area (Å²) in [5.74, 6) is -0.296. The Hall–Kier alpha value is -2.48. The number of aromatic nitrogens is 3. The van der Waals surface area contributed by atoms with Crippen molar-refractivity contribution in [3.63, 3.8) is 0 Å². The van der Waals surface area contributed by atoms with Gasteiger partial charge in [0.2, 0.25) is 0 Å². The zero-order valence-electron chi connectivity index (χ0n) is 14.0. The molecular weight excluding hydrogens is 310 g/mol. The Labute approximate surface area is 139 Å². The number of H-pyrrole nitrogens is 1. The number of aromatic amines is 1.